The highest BCUT2D eigenvalue weighted by Crippen LogP contribution is 2.15. The molecule has 1 aromatic heterocycles. The zero-order valence-electron chi connectivity index (χ0n) is 9.80. The Hall–Kier alpha value is -1.27. The highest BCUT2D eigenvalue weighted by atomic mass is 32.1. The Balaban J connectivity index is 2.08. The number of ether oxygens (including phenoxy) is 1. The van der Waals surface area contributed by atoms with Gasteiger partial charge in [0, 0.05) is 13.1 Å². The van der Waals surface area contributed by atoms with Gasteiger partial charge in [-0.25, -0.2) is 9.97 Å². The fourth-order valence-electron chi connectivity index (χ4n) is 1.79. The van der Waals surface area contributed by atoms with Crippen LogP contribution in [0.2, 0.25) is 0 Å². The first-order valence-electron chi connectivity index (χ1n) is 5.69. The number of hydrogen-bond donors (Lipinski definition) is 1. The summed E-state index contributed by atoms with van der Waals surface area (Å²) in [5.41, 5.74) is 6.04. The Bertz CT molecular complexity index is 395. The molecule has 1 unspecified atom stereocenters. The second kappa shape index (κ2) is 5.37. The van der Waals surface area contributed by atoms with E-state index in [-0.39, 0.29) is 11.1 Å². The Morgan fingerprint density at radius 1 is 1.59 bits per heavy atom. The number of nitrogens with zero attached hydrogens (tertiary/aromatic N) is 3. The molecule has 1 atom stereocenters. The van der Waals surface area contributed by atoms with Gasteiger partial charge in [0.2, 0.25) is 0 Å². The summed E-state index contributed by atoms with van der Waals surface area (Å²) in [5.74, 6) is 0.853. The van der Waals surface area contributed by atoms with Gasteiger partial charge in [-0.3, -0.25) is 0 Å². The van der Waals surface area contributed by atoms with Crippen molar-refractivity contribution in [1.29, 1.82) is 0 Å². The van der Waals surface area contributed by atoms with Crippen LogP contribution in [0.4, 0.5) is 5.82 Å². The molecule has 0 aromatic carbocycles. The first kappa shape index (κ1) is 12.2. The molecule has 17 heavy (non-hydrogen) atoms. The Morgan fingerprint density at radius 2 is 2.41 bits per heavy atom. The summed E-state index contributed by atoms with van der Waals surface area (Å²) in [6.45, 7) is 4.56. The van der Waals surface area contributed by atoms with Crippen LogP contribution in [-0.2, 0) is 4.74 Å². The van der Waals surface area contributed by atoms with E-state index in [4.69, 9.17) is 22.7 Å². The lowest BCUT2D eigenvalue weighted by Gasteiger charge is -2.33. The molecular weight excluding hydrogens is 236 g/mol. The van der Waals surface area contributed by atoms with E-state index in [1.807, 2.05) is 0 Å². The third-order valence-electron chi connectivity index (χ3n) is 2.81. The SMILES string of the molecule is CCC1CN(c2cnc(C(N)=S)cn2)CCO1. The molecule has 1 aliphatic heterocycles. The zero-order chi connectivity index (χ0) is 12.3. The Kier molecular flexibility index (Phi) is 3.86. The van der Waals surface area contributed by atoms with Crippen LogP contribution in [0.15, 0.2) is 12.4 Å². The van der Waals surface area contributed by atoms with Gasteiger partial charge in [-0.15, -0.1) is 0 Å². The second-order valence-corrected chi connectivity index (χ2v) is 4.41. The van der Waals surface area contributed by atoms with Crippen molar-refractivity contribution in [2.45, 2.75) is 19.4 Å². The van der Waals surface area contributed by atoms with Crippen LogP contribution in [0, 0.1) is 0 Å². The second-order valence-electron chi connectivity index (χ2n) is 3.97. The summed E-state index contributed by atoms with van der Waals surface area (Å²) in [7, 11) is 0. The van der Waals surface area contributed by atoms with E-state index in [1.165, 1.54) is 0 Å². The molecule has 2 N–H and O–H groups in total. The van der Waals surface area contributed by atoms with Gasteiger partial charge >= 0.3 is 0 Å². The lowest BCUT2D eigenvalue weighted by atomic mass is 10.2. The molecule has 1 saturated heterocycles. The highest BCUT2D eigenvalue weighted by Gasteiger charge is 2.20. The number of thiocarbonyl (C=S) groups is 1. The maximum Gasteiger partial charge on any atom is 0.147 e. The first-order valence-corrected chi connectivity index (χ1v) is 6.10. The van der Waals surface area contributed by atoms with E-state index in [1.54, 1.807) is 12.4 Å². The van der Waals surface area contributed by atoms with Gasteiger partial charge in [0.15, 0.2) is 0 Å². The predicted octanol–water partition coefficient (Wildman–Crippen LogP) is 0.726. The molecule has 0 spiro atoms. The average Bonchev–Trinajstić information content (AvgIpc) is 2.39. The van der Waals surface area contributed by atoms with E-state index in [0.29, 0.717) is 5.69 Å². The molecular formula is C11H16N4OS. The summed E-state index contributed by atoms with van der Waals surface area (Å²) >= 11 is 4.84. The minimum absolute atomic E-state index is 0.275. The number of anilines is 1. The van der Waals surface area contributed by atoms with Crippen LogP contribution >= 0.6 is 12.2 Å². The van der Waals surface area contributed by atoms with Crippen molar-refractivity contribution < 1.29 is 4.74 Å². The third-order valence-corrected chi connectivity index (χ3v) is 3.02. The van der Waals surface area contributed by atoms with Gasteiger partial charge in [-0.1, -0.05) is 19.1 Å². The van der Waals surface area contributed by atoms with E-state index in [2.05, 4.69) is 21.8 Å². The van der Waals surface area contributed by atoms with Crippen LogP contribution in [0.3, 0.4) is 0 Å². The highest BCUT2D eigenvalue weighted by molar-refractivity contribution is 7.80. The van der Waals surface area contributed by atoms with Gasteiger partial charge in [0.1, 0.15) is 16.5 Å². The van der Waals surface area contributed by atoms with Crippen molar-refractivity contribution in [2.75, 3.05) is 24.6 Å². The van der Waals surface area contributed by atoms with E-state index < -0.39 is 0 Å². The van der Waals surface area contributed by atoms with Crippen molar-refractivity contribution in [1.82, 2.24) is 9.97 Å². The monoisotopic (exact) mass is 252 g/mol. The van der Waals surface area contributed by atoms with Gasteiger partial charge in [0.05, 0.1) is 25.1 Å². The van der Waals surface area contributed by atoms with Gasteiger partial charge in [0.25, 0.3) is 0 Å². The molecule has 0 amide bonds. The molecule has 0 radical (unpaired) electrons. The van der Waals surface area contributed by atoms with Crippen molar-refractivity contribution in [3.05, 3.63) is 18.1 Å². The summed E-state index contributed by atoms with van der Waals surface area (Å²) in [6, 6.07) is 0. The van der Waals surface area contributed by atoms with Crippen LogP contribution in [0.5, 0.6) is 0 Å². The minimum Gasteiger partial charge on any atom is -0.388 e. The van der Waals surface area contributed by atoms with Crippen LogP contribution in [-0.4, -0.2) is 40.8 Å². The number of hydrogen-bond acceptors (Lipinski definition) is 5. The number of nitrogens with two attached hydrogens (primary N) is 1. The standard InChI is InChI=1S/C11H16N4OS/c1-2-8-7-15(3-4-16-8)10-6-13-9(5-14-10)11(12)17/h5-6,8H,2-4,7H2,1H3,(H2,12,17). The smallest absolute Gasteiger partial charge is 0.147 e. The summed E-state index contributed by atoms with van der Waals surface area (Å²) in [5, 5.41) is 0. The fraction of sp³-hybridized carbons (Fsp3) is 0.545. The molecule has 1 aromatic rings. The van der Waals surface area contributed by atoms with Crippen molar-refractivity contribution in [3.8, 4) is 0 Å². The normalized spacial score (nSPS) is 20.3. The quantitative estimate of drug-likeness (QED) is 0.800. The average molecular weight is 252 g/mol. The lowest BCUT2D eigenvalue weighted by molar-refractivity contribution is 0.0381. The molecule has 2 rings (SSSR count). The molecule has 0 saturated carbocycles. The zero-order valence-corrected chi connectivity index (χ0v) is 10.6. The molecule has 1 aliphatic rings. The fourth-order valence-corrected chi connectivity index (χ4v) is 1.89. The molecule has 0 aliphatic carbocycles. The largest absolute Gasteiger partial charge is 0.388 e. The molecule has 0 bridgehead atoms. The molecule has 2 heterocycles. The molecule has 5 nitrogen and oxygen atoms in total. The maximum atomic E-state index is 5.61. The summed E-state index contributed by atoms with van der Waals surface area (Å²) < 4.78 is 5.61. The Labute approximate surface area is 106 Å². The molecule has 1 fully saturated rings. The number of morpholine rings is 1. The van der Waals surface area contributed by atoms with E-state index >= 15 is 0 Å². The third kappa shape index (κ3) is 2.89. The topological polar surface area (TPSA) is 64.3 Å². The first-order chi connectivity index (χ1) is 8.20. The number of aromatic nitrogens is 2. The van der Waals surface area contributed by atoms with Gasteiger partial charge < -0.3 is 15.4 Å². The lowest BCUT2D eigenvalue weighted by Crippen LogP contribution is -2.42. The number of rotatable bonds is 3. The summed E-state index contributed by atoms with van der Waals surface area (Å²) in [6.07, 6.45) is 4.62. The van der Waals surface area contributed by atoms with Crippen LogP contribution < -0.4 is 10.6 Å². The molecule has 92 valence electrons. The maximum absolute atomic E-state index is 5.61. The van der Waals surface area contributed by atoms with Gasteiger partial charge in [-0.2, -0.15) is 0 Å². The minimum atomic E-state index is 0.275. The van der Waals surface area contributed by atoms with Crippen molar-refractivity contribution in [3.63, 3.8) is 0 Å². The Morgan fingerprint density at radius 3 is 3.00 bits per heavy atom. The van der Waals surface area contributed by atoms with Crippen LogP contribution in [0.1, 0.15) is 19.0 Å². The van der Waals surface area contributed by atoms with Gasteiger partial charge in [-0.05, 0) is 6.42 Å². The van der Waals surface area contributed by atoms with E-state index in [0.717, 1.165) is 31.9 Å². The van der Waals surface area contributed by atoms with Crippen molar-refractivity contribution >= 4 is 23.0 Å². The van der Waals surface area contributed by atoms with E-state index in [9.17, 15) is 0 Å². The van der Waals surface area contributed by atoms with Crippen LogP contribution in [0.25, 0.3) is 0 Å². The molecule has 6 heteroatoms. The van der Waals surface area contributed by atoms with Crippen molar-refractivity contribution in [2.24, 2.45) is 5.73 Å². The summed E-state index contributed by atoms with van der Waals surface area (Å²) in [4.78, 5) is 11.0. The predicted molar refractivity (Wildman–Crippen MR) is 70.2 cm³/mol.